The smallest absolute Gasteiger partial charge is 0.393 e. The van der Waals surface area contributed by atoms with Crippen LogP contribution in [0.25, 0.3) is 0 Å². The highest BCUT2D eigenvalue weighted by atomic mass is 19.4. The van der Waals surface area contributed by atoms with Crippen molar-refractivity contribution in [1.29, 1.82) is 0 Å². The third kappa shape index (κ3) is 3.72. The predicted molar refractivity (Wildman–Crippen MR) is 67.2 cm³/mol. The third-order valence-corrected chi connectivity index (χ3v) is 3.51. The van der Waals surface area contributed by atoms with E-state index in [1.807, 2.05) is 0 Å². The van der Waals surface area contributed by atoms with E-state index in [4.69, 9.17) is 0 Å². The number of carbonyl (C=O) groups excluding carboxylic acids is 1. The van der Waals surface area contributed by atoms with Crippen LogP contribution in [0.15, 0.2) is 24.3 Å². The minimum absolute atomic E-state index is 0.0202. The third-order valence-electron chi connectivity index (χ3n) is 3.51. The summed E-state index contributed by atoms with van der Waals surface area (Å²) in [5, 5.41) is 12.1. The predicted octanol–water partition coefficient (Wildman–Crippen LogP) is 2.74. The van der Waals surface area contributed by atoms with Crippen LogP contribution in [-0.2, 0) is 6.18 Å². The van der Waals surface area contributed by atoms with E-state index in [1.54, 1.807) is 0 Å². The maximum atomic E-state index is 12.4. The highest BCUT2D eigenvalue weighted by Gasteiger charge is 2.30. The molecule has 1 aromatic rings. The summed E-state index contributed by atoms with van der Waals surface area (Å²) >= 11 is 0. The van der Waals surface area contributed by atoms with Crippen LogP contribution in [0.1, 0.15) is 41.6 Å². The molecular formula is C14H16F3NO2. The van der Waals surface area contributed by atoms with E-state index in [-0.39, 0.29) is 23.6 Å². The molecule has 110 valence electrons. The molecule has 0 heterocycles. The van der Waals surface area contributed by atoms with Gasteiger partial charge in [-0.25, -0.2) is 0 Å². The maximum absolute atomic E-state index is 12.4. The van der Waals surface area contributed by atoms with Gasteiger partial charge in [0.1, 0.15) is 0 Å². The molecule has 0 unspecified atom stereocenters. The SMILES string of the molecule is O=C(NC1CCC(O)CC1)c1ccc(C(F)(F)F)cc1. The molecule has 1 aliphatic rings. The van der Waals surface area contributed by atoms with Crippen molar-refractivity contribution >= 4 is 5.91 Å². The molecule has 3 nitrogen and oxygen atoms in total. The second-order valence-electron chi connectivity index (χ2n) is 5.05. The molecule has 6 heteroatoms. The lowest BCUT2D eigenvalue weighted by atomic mass is 9.93. The van der Waals surface area contributed by atoms with Crippen LogP contribution in [-0.4, -0.2) is 23.2 Å². The van der Waals surface area contributed by atoms with Crippen LogP contribution in [0.2, 0.25) is 0 Å². The van der Waals surface area contributed by atoms with Gasteiger partial charge in [-0.15, -0.1) is 0 Å². The van der Waals surface area contributed by atoms with E-state index in [2.05, 4.69) is 5.32 Å². The van der Waals surface area contributed by atoms with Gasteiger partial charge in [0, 0.05) is 11.6 Å². The molecule has 0 atom stereocenters. The standard InChI is InChI=1S/C14H16F3NO2/c15-14(16,17)10-3-1-9(2-4-10)13(20)18-11-5-7-12(19)8-6-11/h1-4,11-12,19H,5-8H2,(H,18,20). The number of amides is 1. The highest BCUT2D eigenvalue weighted by molar-refractivity contribution is 5.94. The molecule has 0 aliphatic heterocycles. The summed E-state index contributed by atoms with van der Waals surface area (Å²) in [7, 11) is 0. The quantitative estimate of drug-likeness (QED) is 0.878. The molecule has 0 aromatic heterocycles. The number of aliphatic hydroxyl groups is 1. The van der Waals surface area contributed by atoms with Gasteiger partial charge >= 0.3 is 6.18 Å². The first kappa shape index (κ1) is 14.8. The van der Waals surface area contributed by atoms with E-state index in [0.29, 0.717) is 25.7 Å². The maximum Gasteiger partial charge on any atom is 0.416 e. The summed E-state index contributed by atoms with van der Waals surface area (Å²) < 4.78 is 37.2. The van der Waals surface area contributed by atoms with Gasteiger partial charge in [-0.2, -0.15) is 13.2 Å². The number of halogens is 3. The largest absolute Gasteiger partial charge is 0.416 e. The summed E-state index contributed by atoms with van der Waals surface area (Å²) in [5.74, 6) is -0.375. The van der Waals surface area contributed by atoms with Crippen LogP contribution in [0, 0.1) is 0 Å². The Morgan fingerprint density at radius 3 is 2.15 bits per heavy atom. The number of carbonyl (C=O) groups is 1. The molecule has 1 aromatic carbocycles. The van der Waals surface area contributed by atoms with Gasteiger partial charge in [0.25, 0.3) is 5.91 Å². The van der Waals surface area contributed by atoms with Crippen LogP contribution >= 0.6 is 0 Å². The molecule has 0 bridgehead atoms. The highest BCUT2D eigenvalue weighted by Crippen LogP contribution is 2.29. The average Bonchev–Trinajstić information content (AvgIpc) is 2.40. The van der Waals surface area contributed by atoms with E-state index in [0.717, 1.165) is 12.1 Å². The summed E-state index contributed by atoms with van der Waals surface area (Å²) in [6.45, 7) is 0. The van der Waals surface area contributed by atoms with Gasteiger partial charge in [-0.05, 0) is 49.9 Å². The van der Waals surface area contributed by atoms with E-state index >= 15 is 0 Å². The minimum atomic E-state index is -4.39. The number of rotatable bonds is 2. The molecule has 1 saturated carbocycles. The number of hydrogen-bond acceptors (Lipinski definition) is 2. The molecule has 0 radical (unpaired) electrons. The molecule has 2 N–H and O–H groups in total. The lowest BCUT2D eigenvalue weighted by Crippen LogP contribution is -2.38. The Morgan fingerprint density at radius 2 is 1.65 bits per heavy atom. The Kier molecular flexibility index (Phi) is 4.32. The van der Waals surface area contributed by atoms with Crippen molar-refractivity contribution in [2.45, 2.75) is 44.0 Å². The Labute approximate surface area is 114 Å². The van der Waals surface area contributed by atoms with Gasteiger partial charge in [0.15, 0.2) is 0 Å². The Morgan fingerprint density at radius 1 is 1.10 bits per heavy atom. The van der Waals surface area contributed by atoms with Gasteiger partial charge in [-0.3, -0.25) is 4.79 Å². The van der Waals surface area contributed by atoms with Crippen LogP contribution < -0.4 is 5.32 Å². The van der Waals surface area contributed by atoms with Crippen LogP contribution in [0.3, 0.4) is 0 Å². The second kappa shape index (κ2) is 5.83. The van der Waals surface area contributed by atoms with Crippen LogP contribution in [0.4, 0.5) is 13.2 Å². The number of alkyl halides is 3. The first-order valence-corrected chi connectivity index (χ1v) is 6.52. The van der Waals surface area contributed by atoms with E-state index in [9.17, 15) is 23.1 Å². The topological polar surface area (TPSA) is 49.3 Å². The first-order valence-electron chi connectivity index (χ1n) is 6.52. The summed E-state index contributed by atoms with van der Waals surface area (Å²) in [4.78, 5) is 11.9. The summed E-state index contributed by atoms with van der Waals surface area (Å²) in [6, 6.07) is 4.14. The van der Waals surface area contributed by atoms with Crippen molar-refractivity contribution in [2.75, 3.05) is 0 Å². The van der Waals surface area contributed by atoms with Gasteiger partial charge in [-0.1, -0.05) is 0 Å². The molecule has 1 aliphatic carbocycles. The number of nitrogens with one attached hydrogen (secondary N) is 1. The Balaban J connectivity index is 1.96. The number of benzene rings is 1. The van der Waals surface area contributed by atoms with E-state index < -0.39 is 11.7 Å². The molecule has 0 saturated heterocycles. The van der Waals surface area contributed by atoms with Crippen molar-refractivity contribution in [1.82, 2.24) is 5.32 Å². The lowest BCUT2D eigenvalue weighted by Gasteiger charge is -2.26. The molecule has 20 heavy (non-hydrogen) atoms. The summed E-state index contributed by atoms with van der Waals surface area (Å²) in [6.07, 6.45) is -2.06. The molecule has 0 spiro atoms. The van der Waals surface area contributed by atoms with E-state index in [1.165, 1.54) is 12.1 Å². The Hall–Kier alpha value is -1.56. The molecule has 1 fully saturated rings. The Bertz CT molecular complexity index is 462. The van der Waals surface area contributed by atoms with Crippen LogP contribution in [0.5, 0.6) is 0 Å². The second-order valence-corrected chi connectivity index (χ2v) is 5.05. The lowest BCUT2D eigenvalue weighted by molar-refractivity contribution is -0.137. The fraction of sp³-hybridized carbons (Fsp3) is 0.500. The van der Waals surface area contributed by atoms with Crippen molar-refractivity contribution < 1.29 is 23.1 Å². The van der Waals surface area contributed by atoms with Crippen molar-refractivity contribution in [2.24, 2.45) is 0 Å². The van der Waals surface area contributed by atoms with Crippen molar-refractivity contribution in [3.63, 3.8) is 0 Å². The molecule has 1 amide bonds. The minimum Gasteiger partial charge on any atom is -0.393 e. The zero-order valence-corrected chi connectivity index (χ0v) is 10.8. The molecule has 2 rings (SSSR count). The number of aliphatic hydroxyl groups excluding tert-OH is 1. The molecular weight excluding hydrogens is 271 g/mol. The average molecular weight is 287 g/mol. The normalized spacial score (nSPS) is 23.4. The van der Waals surface area contributed by atoms with Crippen molar-refractivity contribution in [3.8, 4) is 0 Å². The fourth-order valence-corrected chi connectivity index (χ4v) is 2.30. The van der Waals surface area contributed by atoms with Gasteiger partial charge in [0.05, 0.1) is 11.7 Å². The van der Waals surface area contributed by atoms with Crippen molar-refractivity contribution in [3.05, 3.63) is 35.4 Å². The first-order chi connectivity index (χ1) is 9.36. The van der Waals surface area contributed by atoms with Gasteiger partial charge in [0.2, 0.25) is 0 Å². The zero-order chi connectivity index (χ0) is 14.8. The fourth-order valence-electron chi connectivity index (χ4n) is 2.30. The number of hydrogen-bond donors (Lipinski definition) is 2. The van der Waals surface area contributed by atoms with Gasteiger partial charge < -0.3 is 10.4 Å². The zero-order valence-electron chi connectivity index (χ0n) is 10.8. The monoisotopic (exact) mass is 287 g/mol. The summed E-state index contributed by atoms with van der Waals surface area (Å²) in [5.41, 5.74) is -0.557.